The molecular formula is C13H20O3. The second-order valence-electron chi connectivity index (χ2n) is 3.60. The number of hydrogen-bond donors (Lipinski definition) is 0. The van der Waals surface area contributed by atoms with Gasteiger partial charge in [0.05, 0.1) is 14.2 Å². The Hall–Kier alpha value is -1.22. The van der Waals surface area contributed by atoms with E-state index in [2.05, 4.69) is 6.08 Å². The maximum Gasteiger partial charge on any atom is 0.160 e. The normalized spacial score (nSPS) is 15.8. The van der Waals surface area contributed by atoms with Gasteiger partial charge in [-0.15, -0.1) is 0 Å². The number of rotatable bonds is 6. The quantitative estimate of drug-likeness (QED) is 0.649. The van der Waals surface area contributed by atoms with Crippen LogP contribution < -0.4 is 0 Å². The summed E-state index contributed by atoms with van der Waals surface area (Å²) in [5, 5.41) is 0. The Morgan fingerprint density at radius 3 is 2.44 bits per heavy atom. The highest BCUT2D eigenvalue weighted by Gasteiger charge is 2.09. The van der Waals surface area contributed by atoms with E-state index in [0.29, 0.717) is 0 Å². The summed E-state index contributed by atoms with van der Waals surface area (Å²) < 4.78 is 15.6. The van der Waals surface area contributed by atoms with Crippen molar-refractivity contribution in [2.24, 2.45) is 0 Å². The van der Waals surface area contributed by atoms with Crippen molar-refractivity contribution < 1.29 is 14.2 Å². The summed E-state index contributed by atoms with van der Waals surface area (Å²) in [5.74, 6) is 1.60. The molecule has 3 nitrogen and oxygen atoms in total. The molecule has 0 radical (unpaired) electrons. The second-order valence-corrected chi connectivity index (χ2v) is 3.60. The van der Waals surface area contributed by atoms with Gasteiger partial charge >= 0.3 is 0 Å². The van der Waals surface area contributed by atoms with Crippen LogP contribution in [0.3, 0.4) is 0 Å². The minimum absolute atomic E-state index is 0.790. The summed E-state index contributed by atoms with van der Waals surface area (Å²) in [5.41, 5.74) is 1.28. The zero-order valence-corrected chi connectivity index (χ0v) is 10.3. The molecule has 0 spiro atoms. The lowest BCUT2D eigenvalue weighted by Crippen LogP contribution is -1.95. The van der Waals surface area contributed by atoms with Crippen molar-refractivity contribution >= 4 is 0 Å². The van der Waals surface area contributed by atoms with E-state index >= 15 is 0 Å². The van der Waals surface area contributed by atoms with E-state index in [9.17, 15) is 0 Å². The Bertz CT molecular complexity index is 300. The molecule has 0 aliphatic heterocycles. The first-order valence-electron chi connectivity index (χ1n) is 5.50. The molecule has 1 aliphatic carbocycles. The lowest BCUT2D eigenvalue weighted by molar-refractivity contribution is 0.195. The van der Waals surface area contributed by atoms with Gasteiger partial charge in [0, 0.05) is 13.7 Å². The van der Waals surface area contributed by atoms with Gasteiger partial charge in [0.1, 0.15) is 0 Å². The molecule has 0 aromatic carbocycles. The van der Waals surface area contributed by atoms with E-state index in [1.807, 2.05) is 12.2 Å². The minimum Gasteiger partial charge on any atom is -0.493 e. The van der Waals surface area contributed by atoms with Crippen molar-refractivity contribution in [3.8, 4) is 0 Å². The Morgan fingerprint density at radius 2 is 1.81 bits per heavy atom. The number of methoxy groups -OCH3 is 3. The van der Waals surface area contributed by atoms with Crippen LogP contribution in [0.2, 0.25) is 0 Å². The van der Waals surface area contributed by atoms with Crippen LogP contribution >= 0.6 is 0 Å². The van der Waals surface area contributed by atoms with Gasteiger partial charge in [0.25, 0.3) is 0 Å². The fourth-order valence-corrected chi connectivity index (χ4v) is 1.65. The van der Waals surface area contributed by atoms with Crippen molar-refractivity contribution in [3.05, 3.63) is 35.3 Å². The van der Waals surface area contributed by atoms with Crippen molar-refractivity contribution in [3.63, 3.8) is 0 Å². The van der Waals surface area contributed by atoms with Crippen molar-refractivity contribution in [1.82, 2.24) is 0 Å². The first-order valence-corrected chi connectivity index (χ1v) is 5.50. The monoisotopic (exact) mass is 224 g/mol. The van der Waals surface area contributed by atoms with E-state index in [-0.39, 0.29) is 0 Å². The third-order valence-corrected chi connectivity index (χ3v) is 2.50. The third-order valence-electron chi connectivity index (χ3n) is 2.50. The summed E-state index contributed by atoms with van der Waals surface area (Å²) >= 11 is 0. The molecule has 0 aromatic heterocycles. The fraction of sp³-hybridized carbons (Fsp3) is 0.538. The maximum absolute atomic E-state index is 5.31. The van der Waals surface area contributed by atoms with Crippen LogP contribution in [0.15, 0.2) is 35.3 Å². The number of allylic oxidation sites excluding steroid dienone is 4. The SMILES string of the molecule is COCCCC1=CCC=C(OC)C(OC)=C1. The van der Waals surface area contributed by atoms with Gasteiger partial charge in [0.2, 0.25) is 0 Å². The van der Waals surface area contributed by atoms with Gasteiger partial charge in [-0.05, 0) is 37.0 Å². The van der Waals surface area contributed by atoms with Crippen molar-refractivity contribution in [1.29, 1.82) is 0 Å². The zero-order valence-electron chi connectivity index (χ0n) is 10.3. The molecule has 0 saturated carbocycles. The predicted octanol–water partition coefficient (Wildman–Crippen LogP) is 2.80. The summed E-state index contributed by atoms with van der Waals surface area (Å²) in [7, 11) is 5.05. The average molecular weight is 224 g/mol. The predicted molar refractivity (Wildman–Crippen MR) is 64.0 cm³/mol. The van der Waals surface area contributed by atoms with Gasteiger partial charge in [-0.3, -0.25) is 0 Å². The second kappa shape index (κ2) is 7.12. The Labute approximate surface area is 97.4 Å². The minimum atomic E-state index is 0.790. The molecule has 0 N–H and O–H groups in total. The highest BCUT2D eigenvalue weighted by molar-refractivity contribution is 5.34. The van der Waals surface area contributed by atoms with Gasteiger partial charge in [-0.1, -0.05) is 6.08 Å². The number of ether oxygens (including phenoxy) is 3. The Balaban J connectivity index is 2.64. The fourth-order valence-electron chi connectivity index (χ4n) is 1.65. The molecule has 0 aromatic rings. The molecular weight excluding hydrogens is 204 g/mol. The topological polar surface area (TPSA) is 27.7 Å². The van der Waals surface area contributed by atoms with Crippen LogP contribution in [0.1, 0.15) is 19.3 Å². The number of hydrogen-bond acceptors (Lipinski definition) is 3. The average Bonchev–Trinajstić information content (AvgIpc) is 2.51. The van der Waals surface area contributed by atoms with Crippen LogP contribution in [-0.4, -0.2) is 27.9 Å². The summed E-state index contributed by atoms with van der Waals surface area (Å²) in [4.78, 5) is 0. The first kappa shape index (κ1) is 12.8. The van der Waals surface area contributed by atoms with Gasteiger partial charge in [0.15, 0.2) is 11.5 Å². The van der Waals surface area contributed by atoms with E-state index < -0.39 is 0 Å². The smallest absolute Gasteiger partial charge is 0.160 e. The highest BCUT2D eigenvalue weighted by Crippen LogP contribution is 2.21. The first-order chi connectivity index (χ1) is 7.81. The van der Waals surface area contributed by atoms with Crippen LogP contribution in [0.4, 0.5) is 0 Å². The molecule has 0 unspecified atom stereocenters. The highest BCUT2D eigenvalue weighted by atomic mass is 16.5. The van der Waals surface area contributed by atoms with E-state index in [1.165, 1.54) is 5.57 Å². The van der Waals surface area contributed by atoms with Crippen molar-refractivity contribution in [2.75, 3.05) is 27.9 Å². The van der Waals surface area contributed by atoms with Crippen LogP contribution in [0, 0.1) is 0 Å². The molecule has 0 bridgehead atoms. The van der Waals surface area contributed by atoms with Crippen LogP contribution in [-0.2, 0) is 14.2 Å². The Kier molecular flexibility index (Phi) is 5.72. The van der Waals surface area contributed by atoms with E-state index in [1.54, 1.807) is 21.3 Å². The molecule has 0 saturated heterocycles. The van der Waals surface area contributed by atoms with Gasteiger partial charge < -0.3 is 14.2 Å². The maximum atomic E-state index is 5.31. The zero-order chi connectivity index (χ0) is 11.8. The van der Waals surface area contributed by atoms with Crippen LogP contribution in [0.5, 0.6) is 0 Å². The molecule has 1 rings (SSSR count). The van der Waals surface area contributed by atoms with E-state index in [4.69, 9.17) is 14.2 Å². The van der Waals surface area contributed by atoms with Crippen LogP contribution in [0.25, 0.3) is 0 Å². The largest absolute Gasteiger partial charge is 0.493 e. The summed E-state index contributed by atoms with van der Waals surface area (Å²) in [6.07, 6.45) is 9.18. The van der Waals surface area contributed by atoms with E-state index in [0.717, 1.165) is 37.4 Å². The molecule has 1 aliphatic rings. The lowest BCUT2D eigenvalue weighted by atomic mass is 10.1. The summed E-state index contributed by atoms with van der Waals surface area (Å²) in [6, 6.07) is 0. The van der Waals surface area contributed by atoms with Gasteiger partial charge in [-0.25, -0.2) is 0 Å². The molecule has 16 heavy (non-hydrogen) atoms. The molecule has 3 heteroatoms. The molecule has 0 atom stereocenters. The molecule has 90 valence electrons. The molecule has 0 fully saturated rings. The van der Waals surface area contributed by atoms with Crippen molar-refractivity contribution in [2.45, 2.75) is 19.3 Å². The van der Waals surface area contributed by atoms with Gasteiger partial charge in [-0.2, -0.15) is 0 Å². The Morgan fingerprint density at radius 1 is 1.06 bits per heavy atom. The molecule has 0 heterocycles. The third kappa shape index (κ3) is 3.74. The summed E-state index contributed by atoms with van der Waals surface area (Å²) in [6.45, 7) is 0.790. The molecule has 0 amide bonds. The lowest BCUT2D eigenvalue weighted by Gasteiger charge is -2.09. The standard InChI is InChI=1S/C13H20O3/c1-14-9-5-7-11-6-4-8-12(15-2)13(10-11)16-3/h6,8,10H,4-5,7,9H2,1-3H3.